The number of rotatable bonds is 2. The summed E-state index contributed by atoms with van der Waals surface area (Å²) in [5, 5.41) is 0. The molecule has 0 unspecified atom stereocenters. The predicted molar refractivity (Wildman–Crippen MR) is 28.4 cm³/mol. The topological polar surface area (TPSA) is 17.1 Å². The average Bonchev–Trinajstić information content (AvgIpc) is 1.30. The third kappa shape index (κ3) is 7.25. The van der Waals surface area contributed by atoms with Gasteiger partial charge in [-0.1, -0.05) is 0 Å². The summed E-state index contributed by atoms with van der Waals surface area (Å²) in [6.07, 6.45) is 0.646. The SMILES string of the molecule is O=C[CH2][Ti]([Cl])([Cl])[Cl]. The van der Waals surface area contributed by atoms with Crippen LogP contribution < -0.4 is 0 Å². The first-order valence-corrected chi connectivity index (χ1v) is 9.11. The third-order valence-electron chi connectivity index (χ3n) is 0.315. The molecule has 7 heavy (non-hydrogen) atoms. The van der Waals surface area contributed by atoms with E-state index in [1.807, 2.05) is 0 Å². The van der Waals surface area contributed by atoms with E-state index in [1.54, 1.807) is 0 Å². The van der Waals surface area contributed by atoms with Crippen LogP contribution in [0.5, 0.6) is 0 Å². The first-order valence-electron chi connectivity index (χ1n) is 1.56. The van der Waals surface area contributed by atoms with E-state index in [0.29, 0.717) is 6.29 Å². The van der Waals surface area contributed by atoms with Gasteiger partial charge in [0.2, 0.25) is 0 Å². The number of halogens is 3. The van der Waals surface area contributed by atoms with Crippen LogP contribution in [0.15, 0.2) is 0 Å². The number of hydrogen-bond acceptors (Lipinski definition) is 1. The molecule has 0 spiro atoms. The van der Waals surface area contributed by atoms with E-state index >= 15 is 0 Å². The van der Waals surface area contributed by atoms with Gasteiger partial charge in [0.1, 0.15) is 0 Å². The van der Waals surface area contributed by atoms with E-state index in [4.69, 9.17) is 27.9 Å². The first-order chi connectivity index (χ1) is 3.06. The van der Waals surface area contributed by atoms with Crippen LogP contribution in [0.1, 0.15) is 0 Å². The van der Waals surface area contributed by atoms with Gasteiger partial charge in [0.15, 0.2) is 0 Å². The van der Waals surface area contributed by atoms with Gasteiger partial charge in [-0.2, -0.15) is 0 Å². The second-order valence-electron chi connectivity index (χ2n) is 0.986. The van der Waals surface area contributed by atoms with Crippen LogP contribution in [0.25, 0.3) is 0 Å². The Morgan fingerprint density at radius 3 is 1.86 bits per heavy atom. The van der Waals surface area contributed by atoms with Crippen molar-refractivity contribution in [3.8, 4) is 0 Å². The molecule has 42 valence electrons. The zero-order valence-corrected chi connectivity index (χ0v) is 7.16. The van der Waals surface area contributed by atoms with Crippen molar-refractivity contribution >= 4 is 34.2 Å². The van der Waals surface area contributed by atoms with Gasteiger partial charge >= 0.3 is 57.1 Å². The zero-order valence-electron chi connectivity index (χ0n) is 3.33. The Kier molecular flexibility index (Phi) is 3.91. The predicted octanol–water partition coefficient (Wildman–Crippen LogP) is 2.22. The fraction of sp³-hybridized carbons (Fsp3) is 0.500. The first kappa shape index (κ1) is 8.25. The molecule has 1 nitrogen and oxygen atoms in total. The summed E-state index contributed by atoms with van der Waals surface area (Å²) < 4.78 is 0.144. The summed E-state index contributed by atoms with van der Waals surface area (Å²) in [6, 6.07) is 0. The molecule has 5 heteroatoms. The van der Waals surface area contributed by atoms with Crippen molar-refractivity contribution < 1.29 is 18.2 Å². The van der Waals surface area contributed by atoms with Gasteiger partial charge < -0.3 is 0 Å². The second-order valence-corrected chi connectivity index (χ2v) is 13.9. The van der Waals surface area contributed by atoms with E-state index < -0.39 is 13.4 Å². The Morgan fingerprint density at radius 2 is 1.86 bits per heavy atom. The van der Waals surface area contributed by atoms with Crippen molar-refractivity contribution in [3.05, 3.63) is 0 Å². The molecule has 0 aliphatic heterocycles. The quantitative estimate of drug-likeness (QED) is 0.490. The Hall–Kier alpha value is 1.25. The zero-order chi connectivity index (χ0) is 5.91. The van der Waals surface area contributed by atoms with E-state index in [2.05, 4.69) is 0 Å². The van der Waals surface area contributed by atoms with Crippen LogP contribution in [0, 0.1) is 0 Å². The molecule has 0 aromatic heterocycles. The molecule has 0 amide bonds. The molecular formula is C2H3Cl3OTi. The molecule has 0 aliphatic rings. The van der Waals surface area contributed by atoms with Crippen molar-refractivity contribution in [1.82, 2.24) is 0 Å². The van der Waals surface area contributed by atoms with Gasteiger partial charge in [0.25, 0.3) is 0 Å². The maximum atomic E-state index is 9.61. The summed E-state index contributed by atoms with van der Waals surface area (Å²) in [5.41, 5.74) is 0. The monoisotopic (exact) mass is 196 g/mol. The average molecular weight is 197 g/mol. The van der Waals surface area contributed by atoms with E-state index in [1.165, 1.54) is 0 Å². The minimum absolute atomic E-state index is 0.144. The maximum absolute atomic E-state index is 9.61. The fourth-order valence-corrected chi connectivity index (χ4v) is 1.17. The standard InChI is InChI=1S/C2H3O.3ClH.Ti/c1-2-3;;;;/h2H,1H2;3*1H;/q;;;;+3/p-3. The van der Waals surface area contributed by atoms with Crippen molar-refractivity contribution in [2.24, 2.45) is 0 Å². The molecule has 0 aromatic rings. The number of aldehydes is 1. The molecule has 0 rings (SSSR count). The summed E-state index contributed by atoms with van der Waals surface area (Å²) >= 11 is -3.03. The van der Waals surface area contributed by atoms with Crippen LogP contribution in [0.3, 0.4) is 0 Å². The Labute approximate surface area is 56.9 Å². The Balaban J connectivity index is 3.34. The van der Waals surface area contributed by atoms with Crippen molar-refractivity contribution in [2.75, 3.05) is 0 Å². The Bertz CT molecular complexity index is 67.8. The number of carbonyl (C=O) groups excluding carboxylic acids is 1. The summed E-state index contributed by atoms with van der Waals surface area (Å²) in [5.74, 6) is 0. The molecule has 0 heterocycles. The number of hydrogen-bond donors (Lipinski definition) is 0. The van der Waals surface area contributed by atoms with E-state index in [-0.39, 0.29) is 4.73 Å². The normalized spacial score (nSPS) is 11.3. The van der Waals surface area contributed by atoms with Crippen molar-refractivity contribution in [3.63, 3.8) is 0 Å². The van der Waals surface area contributed by atoms with E-state index in [9.17, 15) is 4.79 Å². The molecule has 0 aromatic carbocycles. The van der Waals surface area contributed by atoms with Gasteiger partial charge in [-0.15, -0.1) is 0 Å². The molecule has 0 atom stereocenters. The van der Waals surface area contributed by atoms with Gasteiger partial charge in [0.05, 0.1) is 0 Å². The second kappa shape index (κ2) is 3.31. The van der Waals surface area contributed by atoms with Crippen molar-refractivity contribution in [1.29, 1.82) is 0 Å². The minimum atomic E-state index is -3.03. The summed E-state index contributed by atoms with van der Waals surface area (Å²) in [4.78, 5) is 9.61. The molecule has 0 fully saturated rings. The van der Waals surface area contributed by atoms with Crippen LogP contribution in [0.4, 0.5) is 0 Å². The van der Waals surface area contributed by atoms with Gasteiger partial charge in [0, 0.05) is 0 Å². The van der Waals surface area contributed by atoms with Crippen LogP contribution >= 0.6 is 27.9 Å². The molecule has 0 aliphatic carbocycles. The van der Waals surface area contributed by atoms with Crippen LogP contribution in [-0.4, -0.2) is 6.29 Å². The summed E-state index contributed by atoms with van der Waals surface area (Å²) in [7, 11) is 16.0. The number of carbonyl (C=O) groups is 1. The fourth-order valence-electron chi connectivity index (χ4n) is 0.0945. The van der Waals surface area contributed by atoms with Crippen LogP contribution in [0.2, 0.25) is 4.73 Å². The molecule has 0 radical (unpaired) electrons. The van der Waals surface area contributed by atoms with Gasteiger partial charge in [-0.3, -0.25) is 0 Å². The molecule has 0 saturated heterocycles. The Morgan fingerprint density at radius 1 is 1.43 bits per heavy atom. The van der Waals surface area contributed by atoms with E-state index in [0.717, 1.165) is 0 Å². The molecule has 0 bridgehead atoms. The third-order valence-corrected chi connectivity index (χ3v) is 3.21. The molecule has 0 saturated carbocycles. The van der Waals surface area contributed by atoms with Gasteiger partial charge in [-0.05, 0) is 0 Å². The van der Waals surface area contributed by atoms with Gasteiger partial charge in [-0.25, -0.2) is 0 Å². The summed E-state index contributed by atoms with van der Waals surface area (Å²) in [6.45, 7) is 0. The molecule has 0 N–H and O–H groups in total. The van der Waals surface area contributed by atoms with Crippen LogP contribution in [-0.2, 0) is 18.2 Å². The molecular weight excluding hydrogens is 194 g/mol. The van der Waals surface area contributed by atoms with Crippen molar-refractivity contribution in [2.45, 2.75) is 4.73 Å².